The SMILES string of the molecule is CC[C@H]1OC(=O)[C@H](C)[C@@H](OC(CCOC)O[C@@H](C)[C@@H](C)OC(=O)CCNCCOCCOCCNc2cc3c(=O)c(C(=O)O)cn(C4CC4)c3cc2Cl)[C@H](C)[C@@H](OC2O[C@H](C)C[C@H](N(C)C)[C@H]2O)[C@](C)(OC)C[C@@H](C)C(=O)[C@H](C)[C@@H](O)[C@]1(C)O. The average Bonchev–Trinajstić information content (AvgIpc) is 1.76. The van der Waals surface area contributed by atoms with Crippen LogP contribution >= 0.6 is 11.6 Å². The molecule has 3 aliphatic rings. The summed E-state index contributed by atoms with van der Waals surface area (Å²) in [6.07, 6.45) is -6.11. The summed E-state index contributed by atoms with van der Waals surface area (Å²) >= 11 is 6.56. The van der Waals surface area contributed by atoms with Gasteiger partial charge in [-0.15, -0.1) is 0 Å². The maximum absolute atomic E-state index is 14.6. The van der Waals surface area contributed by atoms with Gasteiger partial charge in [0.1, 0.15) is 35.3 Å². The average molecular weight is 1210 g/mol. The Morgan fingerprint density at radius 2 is 1.60 bits per heavy atom. The van der Waals surface area contributed by atoms with Crippen LogP contribution in [0.25, 0.3) is 10.9 Å². The number of pyridine rings is 1. The molecule has 0 bridgehead atoms. The summed E-state index contributed by atoms with van der Waals surface area (Å²) in [6, 6.07) is 3.07. The first kappa shape index (κ1) is 70.8. The van der Waals surface area contributed by atoms with Crippen molar-refractivity contribution in [3.8, 4) is 0 Å². The molecule has 1 aromatic carbocycles. The van der Waals surface area contributed by atoms with E-state index in [1.54, 1.807) is 53.7 Å². The molecule has 3 heterocycles. The van der Waals surface area contributed by atoms with Gasteiger partial charge < -0.3 is 87.9 Å². The van der Waals surface area contributed by atoms with E-state index < -0.39 is 114 Å². The molecule has 23 nitrogen and oxygen atoms in total. The number of fused-ring (bicyclic) bond motifs is 1. The second-order valence-electron chi connectivity index (χ2n) is 23.8. The second kappa shape index (κ2) is 32.3. The number of carbonyl (C=O) groups excluding carboxylic acids is 3. The van der Waals surface area contributed by atoms with Gasteiger partial charge in [0.15, 0.2) is 12.6 Å². The summed E-state index contributed by atoms with van der Waals surface area (Å²) in [4.78, 5) is 68.6. The molecule has 0 radical (unpaired) electrons. The summed E-state index contributed by atoms with van der Waals surface area (Å²) in [5.74, 6) is -6.62. The minimum absolute atomic E-state index is 0.0491. The fraction of sp³-hybridized carbons (Fsp3) is 0.783. The molecule has 6 N–H and O–H groups in total. The topological polar surface area (TPSA) is 291 Å². The highest BCUT2D eigenvalue weighted by atomic mass is 35.5. The smallest absolute Gasteiger partial charge is 0.341 e. The Morgan fingerprint density at radius 1 is 0.929 bits per heavy atom. The van der Waals surface area contributed by atoms with Gasteiger partial charge in [-0.1, -0.05) is 39.3 Å². The summed E-state index contributed by atoms with van der Waals surface area (Å²) in [7, 11) is 6.74. The number of hydrogen-bond donors (Lipinski definition) is 6. The van der Waals surface area contributed by atoms with E-state index in [2.05, 4.69) is 10.6 Å². The minimum Gasteiger partial charge on any atom is -0.477 e. The first-order valence-electron chi connectivity index (χ1n) is 29.7. The van der Waals surface area contributed by atoms with Gasteiger partial charge in [0.2, 0.25) is 5.43 Å². The van der Waals surface area contributed by atoms with Crippen molar-refractivity contribution in [1.29, 1.82) is 0 Å². The number of hydrogen-bond acceptors (Lipinski definition) is 21. The van der Waals surface area contributed by atoms with E-state index in [0.717, 1.165) is 12.8 Å². The summed E-state index contributed by atoms with van der Waals surface area (Å²) in [5.41, 5.74) is -3.12. The number of rotatable bonds is 29. The predicted octanol–water partition coefficient (Wildman–Crippen LogP) is 5.36. The molecular weight excluding hydrogens is 1120 g/mol. The Kier molecular flexibility index (Phi) is 27.3. The Balaban J connectivity index is 1.18. The van der Waals surface area contributed by atoms with Crippen molar-refractivity contribution >= 4 is 51.9 Å². The number of aliphatic hydroxyl groups is 3. The van der Waals surface area contributed by atoms with Gasteiger partial charge in [-0.05, 0) is 99.9 Å². The zero-order chi connectivity index (χ0) is 62.4. The number of likely N-dealkylation sites (N-methyl/N-ethyl adjacent to an activating group) is 1. The molecule has 1 aromatic heterocycles. The number of halogens is 1. The number of benzene rings is 1. The largest absolute Gasteiger partial charge is 0.477 e. The molecule has 24 heteroatoms. The number of anilines is 1. The highest BCUT2D eigenvalue weighted by molar-refractivity contribution is 6.34. The number of carbonyl (C=O) groups is 4. The van der Waals surface area contributed by atoms with Crippen LogP contribution in [0.5, 0.6) is 0 Å². The van der Waals surface area contributed by atoms with Crippen LogP contribution in [-0.4, -0.2) is 213 Å². The second-order valence-corrected chi connectivity index (χ2v) is 24.2. The fourth-order valence-electron chi connectivity index (χ4n) is 11.4. The third kappa shape index (κ3) is 18.6. The molecule has 17 atom stereocenters. The van der Waals surface area contributed by atoms with Gasteiger partial charge in [-0.3, -0.25) is 19.2 Å². The Bertz CT molecular complexity index is 2520. The molecule has 0 spiro atoms. The Hall–Kier alpha value is -3.92. The molecule has 2 saturated heterocycles. The minimum atomic E-state index is -2.03. The van der Waals surface area contributed by atoms with Crippen LogP contribution < -0.4 is 16.1 Å². The molecule has 2 aliphatic heterocycles. The van der Waals surface area contributed by atoms with Gasteiger partial charge >= 0.3 is 17.9 Å². The number of ketones is 1. The standard InChI is InChI=1S/C60H97ClN4O19/c1-15-47-60(10,74)54(70)35(4)50(67)33(2)31-59(9,76-14)55(84-58-52(69)46(64(11)12)28-34(3)79-58)36(5)53(37(6)57(73)82-47)83-49(19-23-75-13)81-39(8)38(7)80-48(66)18-20-62-21-24-77-26-27-78-25-22-63-44-29-41-45(30-43(44)61)65(40-16-17-40)32-42(51(41)68)56(71)72/h29-30,32-40,46-47,49,52-55,58,62-63,69-70,74H,15-28,31H2,1-14H3,(H,71,72)/t33-,34-,35+,36+,37-,38-,39+,46+,47-,49?,52-,53+,54-,55-,58?,59-,60-/m1/s1. The number of methoxy groups -OCH3 is 2. The lowest BCUT2D eigenvalue weighted by atomic mass is 9.74. The molecule has 478 valence electrons. The zero-order valence-corrected chi connectivity index (χ0v) is 52.5. The number of Topliss-reactive ketones (excluding diaryl/α,β-unsaturated/α-hetero) is 1. The third-order valence-electron chi connectivity index (χ3n) is 16.9. The van der Waals surface area contributed by atoms with Crippen LogP contribution in [0.4, 0.5) is 5.69 Å². The molecule has 5 rings (SSSR count). The van der Waals surface area contributed by atoms with Crippen LogP contribution in [-0.2, 0) is 61.8 Å². The van der Waals surface area contributed by atoms with Crippen molar-refractivity contribution in [2.24, 2.45) is 23.7 Å². The van der Waals surface area contributed by atoms with E-state index in [1.165, 1.54) is 34.3 Å². The summed E-state index contributed by atoms with van der Waals surface area (Å²) in [5, 5.41) is 51.9. The number of nitrogens with zero attached hydrogens (tertiary/aromatic N) is 2. The van der Waals surface area contributed by atoms with Crippen molar-refractivity contribution < 1.29 is 87.0 Å². The van der Waals surface area contributed by atoms with Crippen LogP contribution in [0, 0.1) is 23.7 Å². The molecule has 3 fully saturated rings. The summed E-state index contributed by atoms with van der Waals surface area (Å²) < 4.78 is 63.6. The first-order chi connectivity index (χ1) is 39.6. The lowest BCUT2D eigenvalue weighted by molar-refractivity contribution is -0.308. The van der Waals surface area contributed by atoms with Gasteiger partial charge in [0, 0.05) is 81.7 Å². The monoisotopic (exact) mass is 1210 g/mol. The van der Waals surface area contributed by atoms with Gasteiger partial charge in [-0.25, -0.2) is 4.79 Å². The lowest BCUT2D eigenvalue weighted by Gasteiger charge is -2.49. The number of nitrogens with one attached hydrogen (secondary N) is 2. The van der Waals surface area contributed by atoms with E-state index in [1.807, 2.05) is 37.4 Å². The van der Waals surface area contributed by atoms with Crippen LogP contribution in [0.2, 0.25) is 5.02 Å². The Labute approximate surface area is 499 Å². The first-order valence-corrected chi connectivity index (χ1v) is 30.1. The number of carboxylic acid groups (broad SMARTS) is 1. The lowest BCUT2D eigenvalue weighted by Crippen LogP contribution is -2.60. The number of aromatic carboxylic acids is 1. The van der Waals surface area contributed by atoms with Crippen molar-refractivity contribution in [2.45, 2.75) is 199 Å². The fourth-order valence-corrected chi connectivity index (χ4v) is 11.7. The maximum atomic E-state index is 14.6. The predicted molar refractivity (Wildman–Crippen MR) is 313 cm³/mol. The maximum Gasteiger partial charge on any atom is 0.341 e. The van der Waals surface area contributed by atoms with Gasteiger partial charge in [0.25, 0.3) is 0 Å². The highest BCUT2D eigenvalue weighted by Gasteiger charge is 2.53. The molecule has 2 aromatic rings. The quantitative estimate of drug-likeness (QED) is 0.0339. The van der Waals surface area contributed by atoms with Crippen molar-refractivity contribution in [3.05, 3.63) is 39.1 Å². The van der Waals surface area contributed by atoms with Crippen LogP contribution in [0.1, 0.15) is 131 Å². The van der Waals surface area contributed by atoms with Crippen LogP contribution in [0.15, 0.2) is 23.1 Å². The summed E-state index contributed by atoms with van der Waals surface area (Å²) in [6.45, 7) is 19.4. The number of carboxylic acids is 1. The normalized spacial score (nSPS) is 31.3. The van der Waals surface area contributed by atoms with Gasteiger partial charge in [-0.2, -0.15) is 0 Å². The molecule has 1 saturated carbocycles. The van der Waals surface area contributed by atoms with E-state index in [9.17, 15) is 44.4 Å². The zero-order valence-electron chi connectivity index (χ0n) is 51.8. The number of ether oxygens (including phenoxy) is 10. The van der Waals surface area contributed by atoms with E-state index in [-0.39, 0.29) is 67.2 Å². The van der Waals surface area contributed by atoms with Crippen molar-refractivity contribution in [3.63, 3.8) is 0 Å². The van der Waals surface area contributed by atoms with Gasteiger partial charge in [0.05, 0.1) is 97.7 Å². The highest BCUT2D eigenvalue weighted by Crippen LogP contribution is 2.42. The third-order valence-corrected chi connectivity index (χ3v) is 17.2. The molecule has 1 aliphatic carbocycles. The number of cyclic esters (lactones) is 1. The number of aromatic nitrogens is 1. The molecule has 2 unspecified atom stereocenters. The number of aliphatic hydroxyl groups excluding tert-OH is 2. The molecular formula is C60H97ClN4O19. The van der Waals surface area contributed by atoms with E-state index in [0.29, 0.717) is 68.7 Å². The molecule has 0 amide bonds. The van der Waals surface area contributed by atoms with E-state index >= 15 is 0 Å². The van der Waals surface area contributed by atoms with Crippen molar-refractivity contribution in [2.75, 3.05) is 86.3 Å². The van der Waals surface area contributed by atoms with E-state index in [4.69, 9.17) is 59.0 Å². The molecule has 84 heavy (non-hydrogen) atoms. The Morgan fingerprint density at radius 3 is 2.20 bits per heavy atom. The van der Waals surface area contributed by atoms with Crippen LogP contribution in [0.3, 0.4) is 0 Å². The number of esters is 2. The van der Waals surface area contributed by atoms with Crippen molar-refractivity contribution in [1.82, 2.24) is 14.8 Å².